The van der Waals surface area contributed by atoms with E-state index in [0.29, 0.717) is 5.39 Å². The first-order chi connectivity index (χ1) is 10.6. The fourth-order valence-corrected chi connectivity index (χ4v) is 2.50. The lowest BCUT2D eigenvalue weighted by Gasteiger charge is -2.05. The standard InChI is InChI=1S/C15H12N2O5/c1-3-21-15(19)9-7(2)22-14-10(9)12(17-20)11-8(13(14)18)5-4-6-16-11/h4-6,18H,3H2,1-2H3. The SMILES string of the molecule is CCOC(=O)c1c(C)oc2c(O)c3cccnc3c(N=O)c12. The molecule has 3 rings (SSSR count). The van der Waals surface area contributed by atoms with Crippen LogP contribution in [-0.2, 0) is 4.74 Å². The molecule has 0 radical (unpaired) electrons. The molecule has 3 aromatic rings. The van der Waals surface area contributed by atoms with Gasteiger partial charge in [0.1, 0.15) is 22.5 Å². The van der Waals surface area contributed by atoms with Gasteiger partial charge in [-0.25, -0.2) is 4.79 Å². The molecule has 0 aliphatic rings. The maximum absolute atomic E-state index is 12.1. The van der Waals surface area contributed by atoms with Gasteiger partial charge in [-0.15, -0.1) is 4.91 Å². The van der Waals surface area contributed by atoms with Crippen molar-refractivity contribution in [2.24, 2.45) is 5.18 Å². The number of nitrogens with zero attached hydrogens (tertiary/aromatic N) is 2. The number of fused-ring (bicyclic) bond motifs is 2. The number of hydrogen-bond acceptors (Lipinski definition) is 7. The molecule has 0 amide bonds. The molecule has 112 valence electrons. The van der Waals surface area contributed by atoms with Crippen LogP contribution in [0.2, 0.25) is 0 Å². The van der Waals surface area contributed by atoms with E-state index in [9.17, 15) is 14.8 Å². The Morgan fingerprint density at radius 2 is 2.27 bits per heavy atom. The van der Waals surface area contributed by atoms with Crippen molar-refractivity contribution >= 4 is 33.5 Å². The third-order valence-corrected chi connectivity index (χ3v) is 3.39. The van der Waals surface area contributed by atoms with E-state index in [4.69, 9.17) is 9.15 Å². The van der Waals surface area contributed by atoms with Gasteiger partial charge in [0.25, 0.3) is 0 Å². The fraction of sp³-hybridized carbons (Fsp3) is 0.200. The minimum atomic E-state index is -0.640. The zero-order chi connectivity index (χ0) is 15.9. The number of pyridine rings is 1. The number of ether oxygens (including phenoxy) is 1. The van der Waals surface area contributed by atoms with E-state index in [1.807, 2.05) is 0 Å². The van der Waals surface area contributed by atoms with Crippen molar-refractivity contribution in [1.29, 1.82) is 0 Å². The molecule has 1 N–H and O–H groups in total. The molecule has 0 fully saturated rings. The van der Waals surface area contributed by atoms with Gasteiger partial charge in [0, 0.05) is 11.6 Å². The molecule has 7 nitrogen and oxygen atoms in total. The minimum Gasteiger partial charge on any atom is -0.504 e. The monoisotopic (exact) mass is 300 g/mol. The van der Waals surface area contributed by atoms with E-state index in [-0.39, 0.29) is 45.9 Å². The summed E-state index contributed by atoms with van der Waals surface area (Å²) in [5, 5.41) is 13.8. The lowest BCUT2D eigenvalue weighted by Crippen LogP contribution is -2.05. The van der Waals surface area contributed by atoms with Crippen LogP contribution >= 0.6 is 0 Å². The van der Waals surface area contributed by atoms with Crippen LogP contribution in [0.4, 0.5) is 5.69 Å². The van der Waals surface area contributed by atoms with Gasteiger partial charge in [-0.2, -0.15) is 0 Å². The molecule has 1 aromatic carbocycles. The van der Waals surface area contributed by atoms with Crippen molar-refractivity contribution in [1.82, 2.24) is 4.98 Å². The van der Waals surface area contributed by atoms with Crippen LogP contribution in [0.3, 0.4) is 0 Å². The lowest BCUT2D eigenvalue weighted by molar-refractivity contribution is 0.0526. The molecule has 2 heterocycles. The van der Waals surface area contributed by atoms with Gasteiger partial charge in [-0.1, -0.05) is 0 Å². The minimum absolute atomic E-state index is 0.0238. The summed E-state index contributed by atoms with van der Waals surface area (Å²) in [6.45, 7) is 3.40. The largest absolute Gasteiger partial charge is 0.504 e. The molecule has 0 saturated heterocycles. The van der Waals surface area contributed by atoms with Gasteiger partial charge >= 0.3 is 5.97 Å². The highest BCUT2D eigenvalue weighted by Crippen LogP contribution is 2.44. The number of hydrogen-bond donors (Lipinski definition) is 1. The van der Waals surface area contributed by atoms with Crippen LogP contribution in [0.1, 0.15) is 23.0 Å². The van der Waals surface area contributed by atoms with Crippen LogP contribution in [0.15, 0.2) is 27.9 Å². The van der Waals surface area contributed by atoms with Crippen molar-refractivity contribution < 1.29 is 19.1 Å². The summed E-state index contributed by atoms with van der Waals surface area (Å²) in [7, 11) is 0. The number of nitroso groups, excluding NO2 is 1. The summed E-state index contributed by atoms with van der Waals surface area (Å²) in [6, 6.07) is 3.21. The van der Waals surface area contributed by atoms with Crippen LogP contribution < -0.4 is 0 Å². The molecule has 0 saturated carbocycles. The Bertz CT molecular complexity index is 913. The molecule has 0 spiro atoms. The summed E-state index contributed by atoms with van der Waals surface area (Å²) in [6.07, 6.45) is 1.47. The van der Waals surface area contributed by atoms with E-state index < -0.39 is 5.97 Å². The van der Waals surface area contributed by atoms with Gasteiger partial charge < -0.3 is 14.3 Å². The Morgan fingerprint density at radius 1 is 1.50 bits per heavy atom. The van der Waals surface area contributed by atoms with Crippen molar-refractivity contribution in [2.75, 3.05) is 6.61 Å². The number of phenols is 1. The third-order valence-electron chi connectivity index (χ3n) is 3.39. The van der Waals surface area contributed by atoms with Crippen molar-refractivity contribution in [3.8, 4) is 5.75 Å². The van der Waals surface area contributed by atoms with Gasteiger partial charge in [-0.05, 0) is 31.2 Å². The third kappa shape index (κ3) is 1.82. The number of furan rings is 1. The zero-order valence-electron chi connectivity index (χ0n) is 11.9. The van der Waals surface area contributed by atoms with E-state index >= 15 is 0 Å². The Kier molecular flexibility index (Phi) is 3.25. The van der Waals surface area contributed by atoms with Crippen LogP contribution in [0.25, 0.3) is 21.9 Å². The molecule has 2 aromatic heterocycles. The van der Waals surface area contributed by atoms with Gasteiger partial charge in [0.2, 0.25) is 0 Å². The average molecular weight is 300 g/mol. The number of aromatic hydroxyl groups is 1. The number of aryl methyl sites for hydroxylation is 1. The topological polar surface area (TPSA) is 102 Å². The molecule has 7 heteroatoms. The normalized spacial score (nSPS) is 11.0. The second-order valence-corrected chi connectivity index (χ2v) is 4.65. The fourth-order valence-electron chi connectivity index (χ4n) is 2.50. The Labute approximate surface area is 124 Å². The van der Waals surface area contributed by atoms with E-state index in [1.54, 1.807) is 26.0 Å². The quantitative estimate of drug-likeness (QED) is 0.586. The molecular formula is C15H12N2O5. The molecule has 0 atom stereocenters. The zero-order valence-corrected chi connectivity index (χ0v) is 11.9. The van der Waals surface area contributed by atoms with Crippen LogP contribution in [-0.4, -0.2) is 22.7 Å². The molecule has 0 unspecified atom stereocenters. The second kappa shape index (κ2) is 5.10. The lowest BCUT2D eigenvalue weighted by atomic mass is 10.0. The highest BCUT2D eigenvalue weighted by Gasteiger charge is 2.27. The number of phenolic OH excluding ortho intramolecular Hbond substituents is 1. The first-order valence-electron chi connectivity index (χ1n) is 6.63. The number of benzene rings is 1. The smallest absolute Gasteiger partial charge is 0.342 e. The average Bonchev–Trinajstić information content (AvgIpc) is 2.86. The molecule has 0 bridgehead atoms. The van der Waals surface area contributed by atoms with Gasteiger partial charge in [0.05, 0.1) is 12.0 Å². The van der Waals surface area contributed by atoms with Crippen molar-refractivity contribution in [2.45, 2.75) is 13.8 Å². The highest BCUT2D eigenvalue weighted by atomic mass is 16.5. The van der Waals surface area contributed by atoms with E-state index in [0.717, 1.165) is 0 Å². The maximum Gasteiger partial charge on any atom is 0.342 e. The molecule has 0 aliphatic heterocycles. The van der Waals surface area contributed by atoms with Crippen LogP contribution in [0.5, 0.6) is 5.75 Å². The molecule has 0 aliphatic carbocycles. The number of carbonyl (C=O) groups excluding carboxylic acids is 1. The first-order valence-corrected chi connectivity index (χ1v) is 6.63. The number of aromatic nitrogens is 1. The van der Waals surface area contributed by atoms with Gasteiger partial charge in [0.15, 0.2) is 11.3 Å². The Balaban J connectivity index is 2.52. The summed E-state index contributed by atoms with van der Waals surface area (Å²) >= 11 is 0. The van der Waals surface area contributed by atoms with Crippen molar-refractivity contribution in [3.05, 3.63) is 34.6 Å². The summed E-state index contributed by atoms with van der Waals surface area (Å²) < 4.78 is 10.5. The Hall–Kier alpha value is -2.96. The van der Waals surface area contributed by atoms with Crippen molar-refractivity contribution in [3.63, 3.8) is 0 Å². The summed E-state index contributed by atoms with van der Waals surface area (Å²) in [5.41, 5.74) is 0.252. The van der Waals surface area contributed by atoms with Gasteiger partial charge in [-0.3, -0.25) is 4.98 Å². The maximum atomic E-state index is 12.1. The van der Waals surface area contributed by atoms with E-state index in [2.05, 4.69) is 10.2 Å². The highest BCUT2D eigenvalue weighted by molar-refractivity contribution is 6.18. The summed E-state index contributed by atoms with van der Waals surface area (Å²) in [5.74, 6) is -0.591. The second-order valence-electron chi connectivity index (χ2n) is 4.65. The Morgan fingerprint density at radius 3 is 2.95 bits per heavy atom. The predicted octanol–water partition coefficient (Wildman–Crippen LogP) is 3.57. The molecule has 22 heavy (non-hydrogen) atoms. The van der Waals surface area contributed by atoms with Crippen LogP contribution in [0, 0.1) is 11.8 Å². The summed E-state index contributed by atoms with van der Waals surface area (Å²) in [4.78, 5) is 27.5. The number of esters is 1. The van der Waals surface area contributed by atoms with E-state index in [1.165, 1.54) is 6.20 Å². The first kappa shape index (κ1) is 14.0. The number of carbonyl (C=O) groups is 1. The molecular weight excluding hydrogens is 288 g/mol. The number of rotatable bonds is 3. The predicted molar refractivity (Wildman–Crippen MR) is 79.3 cm³/mol.